The van der Waals surface area contributed by atoms with Gasteiger partial charge in [-0.25, -0.2) is 9.37 Å². The number of fused-ring (bicyclic) bond motifs is 1. The van der Waals surface area contributed by atoms with Crippen molar-refractivity contribution in [2.75, 3.05) is 62.8 Å². The highest BCUT2D eigenvalue weighted by Gasteiger charge is 2.21. The van der Waals surface area contributed by atoms with Crippen LogP contribution in [-0.4, -0.2) is 73.2 Å². The summed E-state index contributed by atoms with van der Waals surface area (Å²) < 4.78 is 20.6. The van der Waals surface area contributed by atoms with Crippen LogP contribution in [0.3, 0.4) is 0 Å². The molecule has 8 nitrogen and oxygen atoms in total. The Morgan fingerprint density at radius 2 is 1.71 bits per heavy atom. The minimum atomic E-state index is -0.201. The standard InChI is InChI=1S/C33H41FN6O2/c1-4-30-32(33(41)35-23-25-8-12-28(13-9-25)37(3)20-21-42-5-2)40-15-14-29(22-31(40)36-30)39-18-16-38(17-19-39)24-26-6-10-27(34)11-7-26/h6-15,22H,4-5,16-21,23-24H2,1-3H3,(H,35,41). The second-order valence-electron chi connectivity index (χ2n) is 10.7. The van der Waals surface area contributed by atoms with Crippen LogP contribution in [0, 0.1) is 5.82 Å². The Hall–Kier alpha value is -3.95. The van der Waals surface area contributed by atoms with Gasteiger partial charge >= 0.3 is 0 Å². The molecule has 1 amide bonds. The molecule has 1 aliphatic heterocycles. The summed E-state index contributed by atoms with van der Waals surface area (Å²) in [4.78, 5) is 25.1. The molecule has 5 rings (SSSR count). The predicted octanol–water partition coefficient (Wildman–Crippen LogP) is 4.76. The van der Waals surface area contributed by atoms with Gasteiger partial charge in [-0.1, -0.05) is 31.2 Å². The van der Waals surface area contributed by atoms with Crippen LogP contribution in [0.1, 0.15) is 41.2 Å². The SMILES string of the molecule is CCOCCN(C)c1ccc(CNC(=O)c2c(CC)nc3cc(N4CCN(Cc5ccc(F)cc5)CC4)ccn23)cc1. The number of amides is 1. The third-order valence-corrected chi connectivity index (χ3v) is 7.89. The number of nitrogens with one attached hydrogen (secondary N) is 1. The third-order valence-electron chi connectivity index (χ3n) is 7.89. The molecular weight excluding hydrogens is 531 g/mol. The highest BCUT2D eigenvalue weighted by molar-refractivity contribution is 5.94. The van der Waals surface area contributed by atoms with Crippen molar-refractivity contribution in [2.45, 2.75) is 33.4 Å². The van der Waals surface area contributed by atoms with E-state index in [1.807, 2.05) is 55.8 Å². The van der Waals surface area contributed by atoms with E-state index < -0.39 is 0 Å². The number of aromatic nitrogens is 2. The van der Waals surface area contributed by atoms with E-state index in [0.717, 1.165) is 79.7 Å². The fourth-order valence-corrected chi connectivity index (χ4v) is 5.39. The number of aryl methyl sites for hydroxylation is 1. The number of pyridine rings is 1. The van der Waals surface area contributed by atoms with E-state index in [9.17, 15) is 9.18 Å². The van der Waals surface area contributed by atoms with Gasteiger partial charge < -0.3 is 19.9 Å². The molecule has 9 heteroatoms. The van der Waals surface area contributed by atoms with E-state index in [-0.39, 0.29) is 11.7 Å². The summed E-state index contributed by atoms with van der Waals surface area (Å²) in [6.07, 6.45) is 2.63. The van der Waals surface area contributed by atoms with Gasteiger partial charge in [0.2, 0.25) is 0 Å². The summed E-state index contributed by atoms with van der Waals surface area (Å²) >= 11 is 0. The maximum Gasteiger partial charge on any atom is 0.270 e. The zero-order chi connectivity index (χ0) is 29.5. The lowest BCUT2D eigenvalue weighted by atomic mass is 10.2. The number of carbonyl (C=O) groups is 1. The molecule has 0 saturated carbocycles. The Morgan fingerprint density at radius 1 is 1.00 bits per heavy atom. The molecule has 0 spiro atoms. The molecule has 2 aromatic heterocycles. The molecule has 0 bridgehead atoms. The third kappa shape index (κ3) is 7.09. The van der Waals surface area contributed by atoms with Crippen molar-refractivity contribution in [3.05, 3.63) is 95.2 Å². The normalized spacial score (nSPS) is 14.0. The number of hydrogen-bond donors (Lipinski definition) is 1. The van der Waals surface area contributed by atoms with E-state index in [1.165, 1.54) is 12.1 Å². The number of anilines is 2. The van der Waals surface area contributed by atoms with E-state index in [0.29, 0.717) is 25.3 Å². The largest absolute Gasteiger partial charge is 0.380 e. The number of benzene rings is 2. The van der Waals surface area contributed by atoms with Crippen LogP contribution >= 0.6 is 0 Å². The Kier molecular flexibility index (Phi) is 9.71. The lowest BCUT2D eigenvalue weighted by molar-refractivity contribution is 0.0944. The molecule has 0 aliphatic carbocycles. The van der Waals surface area contributed by atoms with Gasteiger partial charge in [-0.05, 0) is 54.8 Å². The van der Waals surface area contributed by atoms with Crippen LogP contribution in [0.4, 0.5) is 15.8 Å². The Balaban J connectivity index is 1.20. The fourth-order valence-electron chi connectivity index (χ4n) is 5.39. The molecule has 1 aliphatic rings. The molecule has 0 radical (unpaired) electrons. The zero-order valence-electron chi connectivity index (χ0n) is 24.9. The molecule has 0 unspecified atom stereocenters. The van der Waals surface area contributed by atoms with Gasteiger partial charge in [-0.2, -0.15) is 0 Å². The number of likely N-dealkylation sites (N-methyl/N-ethyl adjacent to an activating group) is 1. The average Bonchev–Trinajstić information content (AvgIpc) is 3.40. The lowest BCUT2D eigenvalue weighted by Gasteiger charge is -2.36. The minimum Gasteiger partial charge on any atom is -0.380 e. The molecule has 4 aromatic rings. The molecule has 42 heavy (non-hydrogen) atoms. The quantitative estimate of drug-likeness (QED) is 0.247. The van der Waals surface area contributed by atoms with E-state index >= 15 is 0 Å². The first-order valence-electron chi connectivity index (χ1n) is 14.8. The Morgan fingerprint density at radius 3 is 2.40 bits per heavy atom. The van der Waals surface area contributed by atoms with Gasteiger partial charge in [0, 0.05) is 83.1 Å². The van der Waals surface area contributed by atoms with Gasteiger partial charge in [0.05, 0.1) is 12.3 Å². The van der Waals surface area contributed by atoms with Crippen LogP contribution in [0.2, 0.25) is 0 Å². The average molecular weight is 573 g/mol. The summed E-state index contributed by atoms with van der Waals surface area (Å²) in [5.41, 5.74) is 6.55. The Bertz CT molecular complexity index is 1460. The van der Waals surface area contributed by atoms with Crippen LogP contribution < -0.4 is 15.1 Å². The summed E-state index contributed by atoms with van der Waals surface area (Å²) in [7, 11) is 2.05. The number of rotatable bonds is 12. The van der Waals surface area contributed by atoms with E-state index in [1.54, 1.807) is 0 Å². The first-order chi connectivity index (χ1) is 20.4. The second kappa shape index (κ2) is 13.8. The second-order valence-corrected chi connectivity index (χ2v) is 10.7. The number of carbonyl (C=O) groups excluding carboxylic acids is 1. The van der Waals surface area contributed by atoms with Crippen molar-refractivity contribution in [3.8, 4) is 0 Å². The molecule has 1 saturated heterocycles. The topological polar surface area (TPSA) is 65.4 Å². The van der Waals surface area contributed by atoms with Gasteiger partial charge in [0.15, 0.2) is 0 Å². The summed E-state index contributed by atoms with van der Waals surface area (Å²) in [5, 5.41) is 3.09. The van der Waals surface area contributed by atoms with Gasteiger partial charge in [-0.3, -0.25) is 14.1 Å². The fraction of sp³-hybridized carbons (Fsp3) is 0.394. The zero-order valence-corrected chi connectivity index (χ0v) is 24.9. The van der Waals surface area contributed by atoms with Gasteiger partial charge in [-0.15, -0.1) is 0 Å². The molecular formula is C33H41FN6O2. The molecule has 1 fully saturated rings. The number of halogens is 1. The van der Waals surface area contributed by atoms with Gasteiger partial charge in [0.25, 0.3) is 5.91 Å². The lowest BCUT2D eigenvalue weighted by Crippen LogP contribution is -2.46. The number of hydrogen-bond acceptors (Lipinski definition) is 6. The first kappa shape index (κ1) is 29.5. The van der Waals surface area contributed by atoms with E-state index in [2.05, 4.69) is 44.3 Å². The smallest absolute Gasteiger partial charge is 0.270 e. The van der Waals surface area contributed by atoms with Crippen molar-refractivity contribution in [2.24, 2.45) is 0 Å². The summed E-state index contributed by atoms with van der Waals surface area (Å²) in [5.74, 6) is -0.327. The van der Waals surface area contributed by atoms with Crippen molar-refractivity contribution in [1.82, 2.24) is 19.6 Å². The summed E-state index contributed by atoms with van der Waals surface area (Å²) in [6, 6.07) is 19.1. The minimum absolute atomic E-state index is 0.126. The van der Waals surface area contributed by atoms with Crippen molar-refractivity contribution in [3.63, 3.8) is 0 Å². The maximum absolute atomic E-state index is 13.4. The number of imidazole rings is 1. The highest BCUT2D eigenvalue weighted by Crippen LogP contribution is 2.23. The van der Waals surface area contributed by atoms with Crippen LogP contribution in [-0.2, 0) is 24.2 Å². The maximum atomic E-state index is 13.4. The molecule has 3 heterocycles. The van der Waals surface area contributed by atoms with Crippen molar-refractivity contribution < 1.29 is 13.9 Å². The summed E-state index contributed by atoms with van der Waals surface area (Å²) in [6.45, 7) is 11.2. The molecule has 222 valence electrons. The highest BCUT2D eigenvalue weighted by atomic mass is 19.1. The molecule has 0 atom stereocenters. The Labute approximate surface area is 247 Å². The van der Waals surface area contributed by atoms with E-state index in [4.69, 9.17) is 9.72 Å². The number of ether oxygens (including phenoxy) is 1. The van der Waals surface area contributed by atoms with Gasteiger partial charge in [0.1, 0.15) is 17.2 Å². The van der Waals surface area contributed by atoms with Crippen LogP contribution in [0.5, 0.6) is 0 Å². The monoisotopic (exact) mass is 572 g/mol. The van der Waals surface area contributed by atoms with Crippen molar-refractivity contribution >= 4 is 22.9 Å². The van der Waals surface area contributed by atoms with Crippen LogP contribution in [0.15, 0.2) is 66.9 Å². The molecule has 1 N–H and O–H groups in total. The number of nitrogens with zero attached hydrogens (tertiary/aromatic N) is 5. The predicted molar refractivity (Wildman–Crippen MR) is 166 cm³/mol. The first-order valence-corrected chi connectivity index (χ1v) is 14.8. The number of piperazine rings is 1. The van der Waals surface area contributed by atoms with Crippen molar-refractivity contribution in [1.29, 1.82) is 0 Å². The van der Waals surface area contributed by atoms with Crippen LogP contribution in [0.25, 0.3) is 5.65 Å². The molecule has 2 aromatic carbocycles.